The van der Waals surface area contributed by atoms with Gasteiger partial charge in [0.05, 0.1) is 16.8 Å². The van der Waals surface area contributed by atoms with Crippen LogP contribution in [-0.4, -0.2) is 29.9 Å². The molecule has 0 aromatic heterocycles. The van der Waals surface area contributed by atoms with Crippen LogP contribution in [0, 0.1) is 11.8 Å². The molecule has 0 spiro atoms. The van der Waals surface area contributed by atoms with Crippen molar-refractivity contribution >= 4 is 35.0 Å². The molecule has 0 amide bonds. The zero-order chi connectivity index (χ0) is 22.4. The number of thioether (sulfide) groups is 1. The van der Waals surface area contributed by atoms with Crippen LogP contribution >= 0.6 is 11.8 Å². The smallest absolute Gasteiger partial charge is 0.340 e. The molecule has 2 aromatic carbocycles. The Morgan fingerprint density at radius 1 is 0.969 bits per heavy atom. The van der Waals surface area contributed by atoms with Crippen molar-refractivity contribution in [2.45, 2.75) is 55.9 Å². The van der Waals surface area contributed by atoms with Crippen molar-refractivity contribution in [3.63, 3.8) is 0 Å². The van der Waals surface area contributed by atoms with Crippen molar-refractivity contribution in [2.24, 2.45) is 11.8 Å². The van der Waals surface area contributed by atoms with Gasteiger partial charge in [-0.2, -0.15) is 0 Å². The molecule has 0 radical (unpaired) electrons. The highest BCUT2D eigenvalue weighted by molar-refractivity contribution is 7.98. The molecule has 2 N–H and O–H groups in total. The van der Waals surface area contributed by atoms with Crippen LogP contribution in [0.15, 0.2) is 35.2 Å². The van der Waals surface area contributed by atoms with Crippen molar-refractivity contribution in [1.29, 1.82) is 0 Å². The van der Waals surface area contributed by atoms with Gasteiger partial charge in [-0.15, -0.1) is 11.8 Å². The summed E-state index contributed by atoms with van der Waals surface area (Å²) in [5.41, 5.74) is 7.71. The minimum atomic E-state index is -0.501. The third-order valence-corrected chi connectivity index (χ3v) is 8.17. The highest BCUT2D eigenvalue weighted by Crippen LogP contribution is 2.42. The molecule has 0 bridgehead atoms. The van der Waals surface area contributed by atoms with Gasteiger partial charge in [-0.25, -0.2) is 4.79 Å². The molecule has 166 valence electrons. The number of carbonyl (C=O) groups excluding carboxylic acids is 3. The van der Waals surface area contributed by atoms with E-state index < -0.39 is 5.97 Å². The van der Waals surface area contributed by atoms with Crippen LogP contribution in [0.1, 0.15) is 87.1 Å². The van der Waals surface area contributed by atoms with Crippen molar-refractivity contribution in [1.82, 2.24) is 0 Å². The van der Waals surface area contributed by atoms with Gasteiger partial charge in [0.25, 0.3) is 0 Å². The monoisotopic (exact) mass is 449 g/mol. The molecule has 3 aliphatic carbocycles. The maximum Gasteiger partial charge on any atom is 0.340 e. The van der Waals surface area contributed by atoms with E-state index in [1.807, 2.05) is 6.26 Å². The second-order valence-electron chi connectivity index (χ2n) is 9.14. The van der Waals surface area contributed by atoms with E-state index in [2.05, 4.69) is 0 Å². The number of esters is 1. The summed E-state index contributed by atoms with van der Waals surface area (Å²) in [6.07, 6.45) is 9.65. The number of rotatable bonds is 3. The summed E-state index contributed by atoms with van der Waals surface area (Å²) >= 11 is 1.33. The summed E-state index contributed by atoms with van der Waals surface area (Å²) in [4.78, 5) is 40.2. The average molecular weight is 450 g/mol. The molecular formula is C26H27NO4S. The molecule has 32 heavy (non-hydrogen) atoms. The normalized spacial score (nSPS) is 24.3. The molecule has 0 heterocycles. The number of benzene rings is 2. The number of ether oxygens (including phenoxy) is 1. The SMILES string of the molecule is CSc1cc(C(=O)O[C@@H]2CC[C@@H]3CCCCC3C2)c(N)c2c1C(=O)c1ccccc1C2=O. The second kappa shape index (κ2) is 8.39. The molecule has 5 nitrogen and oxygen atoms in total. The van der Waals surface area contributed by atoms with Crippen LogP contribution in [0.5, 0.6) is 0 Å². The predicted molar refractivity (Wildman–Crippen MR) is 124 cm³/mol. The molecule has 2 saturated carbocycles. The lowest BCUT2D eigenvalue weighted by molar-refractivity contribution is -0.000861. The summed E-state index contributed by atoms with van der Waals surface area (Å²) in [6, 6.07) is 8.36. The number of carbonyl (C=O) groups is 3. The van der Waals surface area contributed by atoms with Gasteiger partial charge >= 0.3 is 5.97 Å². The quantitative estimate of drug-likeness (QED) is 0.332. The largest absolute Gasteiger partial charge is 0.459 e. The van der Waals surface area contributed by atoms with Crippen LogP contribution in [0.25, 0.3) is 0 Å². The van der Waals surface area contributed by atoms with Gasteiger partial charge in [0.1, 0.15) is 6.10 Å². The second-order valence-corrected chi connectivity index (χ2v) is 9.99. The van der Waals surface area contributed by atoms with Crippen LogP contribution in [0.4, 0.5) is 5.69 Å². The van der Waals surface area contributed by atoms with Crippen molar-refractivity contribution in [2.75, 3.05) is 12.0 Å². The van der Waals surface area contributed by atoms with E-state index in [1.165, 1.54) is 37.4 Å². The molecule has 0 saturated heterocycles. The first kappa shape index (κ1) is 21.3. The van der Waals surface area contributed by atoms with Gasteiger partial charge < -0.3 is 10.5 Å². The van der Waals surface area contributed by atoms with E-state index in [9.17, 15) is 14.4 Å². The van der Waals surface area contributed by atoms with Crippen LogP contribution in [-0.2, 0) is 4.74 Å². The number of hydrogen-bond acceptors (Lipinski definition) is 6. The van der Waals surface area contributed by atoms with Gasteiger partial charge in [-0.05, 0) is 43.4 Å². The summed E-state index contributed by atoms with van der Waals surface area (Å²) < 4.78 is 5.90. The predicted octanol–water partition coefficient (Wildman–Crippen LogP) is 5.28. The van der Waals surface area contributed by atoms with E-state index in [1.54, 1.807) is 30.3 Å². The number of hydrogen-bond donors (Lipinski definition) is 1. The zero-order valence-corrected chi connectivity index (χ0v) is 19.0. The Morgan fingerprint density at radius 2 is 1.62 bits per heavy atom. The van der Waals surface area contributed by atoms with E-state index in [0.29, 0.717) is 21.9 Å². The molecule has 2 fully saturated rings. The van der Waals surface area contributed by atoms with E-state index in [-0.39, 0.29) is 40.0 Å². The van der Waals surface area contributed by atoms with Gasteiger partial charge in [-0.3, -0.25) is 9.59 Å². The summed E-state index contributed by atoms with van der Waals surface area (Å²) in [5.74, 6) is 0.342. The van der Waals surface area contributed by atoms with Crippen molar-refractivity contribution in [3.8, 4) is 0 Å². The Labute approximate surface area is 192 Å². The first-order valence-corrected chi connectivity index (χ1v) is 12.6. The van der Waals surface area contributed by atoms with Gasteiger partial charge in [0.15, 0.2) is 11.6 Å². The van der Waals surface area contributed by atoms with E-state index in [0.717, 1.165) is 25.2 Å². The molecule has 2 aromatic rings. The standard InChI is InChI=1S/C26H27NO4S/c1-32-20-13-19(26(30)31-16-11-10-14-6-2-3-7-15(14)12-16)23(27)22-21(20)24(28)17-8-4-5-9-18(17)25(22)29/h4-5,8-9,13-16H,2-3,6-7,10-12,27H2,1H3/t14-,15?,16+/m0/s1. The van der Waals surface area contributed by atoms with Gasteiger partial charge in [0, 0.05) is 21.6 Å². The molecule has 3 atom stereocenters. The lowest BCUT2D eigenvalue weighted by Crippen LogP contribution is -2.33. The maximum absolute atomic E-state index is 13.3. The first-order valence-electron chi connectivity index (χ1n) is 11.4. The van der Waals surface area contributed by atoms with Crippen molar-refractivity contribution in [3.05, 3.63) is 58.1 Å². The Kier molecular flexibility index (Phi) is 5.58. The zero-order valence-electron chi connectivity index (χ0n) is 18.2. The minimum absolute atomic E-state index is 0.0435. The van der Waals surface area contributed by atoms with Crippen LogP contribution < -0.4 is 5.73 Å². The van der Waals surface area contributed by atoms with Gasteiger partial charge in [-0.1, -0.05) is 49.9 Å². The van der Waals surface area contributed by atoms with Crippen LogP contribution in [0.3, 0.4) is 0 Å². The summed E-state index contributed by atoms with van der Waals surface area (Å²) in [7, 11) is 0. The number of nitrogen functional groups attached to an aromatic ring is 1. The molecule has 6 heteroatoms. The van der Waals surface area contributed by atoms with Gasteiger partial charge in [0.2, 0.25) is 0 Å². The third-order valence-electron chi connectivity index (χ3n) is 7.41. The lowest BCUT2D eigenvalue weighted by Gasteiger charge is -2.38. The van der Waals surface area contributed by atoms with E-state index in [4.69, 9.17) is 10.5 Å². The number of nitrogens with two attached hydrogens (primary N) is 1. The third kappa shape index (κ3) is 3.45. The van der Waals surface area contributed by atoms with E-state index >= 15 is 0 Å². The fourth-order valence-corrected chi connectivity index (χ4v) is 6.40. The van der Waals surface area contributed by atoms with Crippen molar-refractivity contribution < 1.29 is 19.1 Å². The Hall–Kier alpha value is -2.60. The number of anilines is 1. The fraction of sp³-hybridized carbons (Fsp3) is 0.423. The molecule has 3 aliphatic rings. The molecule has 1 unspecified atom stereocenters. The Bertz CT molecular complexity index is 1130. The number of fused-ring (bicyclic) bond motifs is 3. The molecular weight excluding hydrogens is 422 g/mol. The fourth-order valence-electron chi connectivity index (χ4n) is 5.77. The summed E-state index contributed by atoms with van der Waals surface area (Å²) in [6.45, 7) is 0. The Balaban J connectivity index is 1.47. The Morgan fingerprint density at radius 3 is 2.31 bits per heavy atom. The highest BCUT2D eigenvalue weighted by Gasteiger charge is 2.37. The minimum Gasteiger partial charge on any atom is -0.459 e. The first-order chi connectivity index (χ1) is 15.5. The molecule has 5 rings (SSSR count). The number of ketones is 2. The summed E-state index contributed by atoms with van der Waals surface area (Å²) in [5, 5.41) is 0. The molecule has 0 aliphatic heterocycles. The maximum atomic E-state index is 13.3. The average Bonchev–Trinajstić information content (AvgIpc) is 2.82. The lowest BCUT2D eigenvalue weighted by atomic mass is 9.70. The van der Waals surface area contributed by atoms with Crippen LogP contribution in [0.2, 0.25) is 0 Å². The topological polar surface area (TPSA) is 86.5 Å². The highest BCUT2D eigenvalue weighted by atomic mass is 32.2.